The summed E-state index contributed by atoms with van der Waals surface area (Å²) < 4.78 is 25.9. The van der Waals surface area contributed by atoms with Crippen molar-refractivity contribution >= 4 is 5.97 Å². The summed E-state index contributed by atoms with van der Waals surface area (Å²) in [5, 5.41) is 3.34. The third kappa shape index (κ3) is 18.6. The summed E-state index contributed by atoms with van der Waals surface area (Å²) >= 11 is 0. The van der Waals surface area contributed by atoms with E-state index in [1.165, 1.54) is 0 Å². The first-order valence-electron chi connectivity index (χ1n) is 7.49. The molecule has 0 amide bonds. The second kappa shape index (κ2) is 14.2. The molecule has 0 radical (unpaired) electrons. The molecule has 0 unspecified atom stereocenters. The zero-order valence-electron chi connectivity index (χ0n) is 14.2. The van der Waals surface area contributed by atoms with Gasteiger partial charge in [0, 0.05) is 11.5 Å². The van der Waals surface area contributed by atoms with Gasteiger partial charge >= 0.3 is 5.97 Å². The van der Waals surface area contributed by atoms with Gasteiger partial charge in [-0.2, -0.15) is 0 Å². The Kier molecular flexibility index (Phi) is 13.4. The van der Waals surface area contributed by atoms with Crippen molar-refractivity contribution < 1.29 is 28.5 Å². The topological polar surface area (TPSA) is 112 Å². The summed E-state index contributed by atoms with van der Waals surface area (Å²) in [5.74, 6) is -0.388. The lowest BCUT2D eigenvalue weighted by Gasteiger charge is -2.19. The van der Waals surface area contributed by atoms with Crippen LogP contribution in [0.4, 0.5) is 0 Å². The van der Waals surface area contributed by atoms with Gasteiger partial charge in [-0.3, -0.25) is 0 Å². The predicted octanol–water partition coefficient (Wildman–Crippen LogP) is 1.70. The minimum Gasteiger partial charge on any atom is -0.458 e. The minimum absolute atomic E-state index is 0.0791. The van der Waals surface area contributed by atoms with Crippen molar-refractivity contribution in [1.29, 1.82) is 0 Å². The number of azide groups is 1. The summed E-state index contributed by atoms with van der Waals surface area (Å²) in [6, 6.07) is 0. The Morgan fingerprint density at radius 3 is 1.87 bits per heavy atom. The van der Waals surface area contributed by atoms with Crippen LogP contribution in [0.2, 0.25) is 0 Å². The summed E-state index contributed by atoms with van der Waals surface area (Å²) in [6.07, 6.45) is 0. The van der Waals surface area contributed by atoms with Crippen LogP contribution in [0, 0.1) is 0 Å². The normalized spacial score (nSPS) is 11.1. The number of nitrogens with zero attached hydrogens (tertiary/aromatic N) is 3. The molecular weight excluding hydrogens is 306 g/mol. The van der Waals surface area contributed by atoms with Crippen molar-refractivity contribution in [2.75, 3.05) is 59.4 Å². The molecule has 0 atom stereocenters. The molecule has 0 aromatic rings. The molecule has 0 heterocycles. The van der Waals surface area contributed by atoms with Gasteiger partial charge in [0.05, 0.1) is 46.2 Å². The van der Waals surface area contributed by atoms with Crippen molar-refractivity contribution in [3.63, 3.8) is 0 Å². The molecule has 0 aliphatic heterocycles. The Labute approximate surface area is 136 Å². The van der Waals surface area contributed by atoms with Gasteiger partial charge in [-0.1, -0.05) is 5.11 Å². The highest BCUT2D eigenvalue weighted by molar-refractivity contribution is 5.71. The Hall–Kier alpha value is -1.38. The average Bonchev–Trinajstić information content (AvgIpc) is 2.46. The highest BCUT2D eigenvalue weighted by Crippen LogP contribution is 2.06. The van der Waals surface area contributed by atoms with Crippen LogP contribution in [0.1, 0.15) is 20.8 Å². The molecule has 0 bridgehead atoms. The first-order chi connectivity index (χ1) is 11.0. The van der Waals surface area contributed by atoms with Crippen molar-refractivity contribution in [3.05, 3.63) is 10.4 Å². The zero-order valence-corrected chi connectivity index (χ0v) is 14.2. The van der Waals surface area contributed by atoms with Crippen LogP contribution in [-0.2, 0) is 28.5 Å². The van der Waals surface area contributed by atoms with Gasteiger partial charge in [-0.15, -0.1) is 0 Å². The van der Waals surface area contributed by atoms with Crippen LogP contribution in [0.5, 0.6) is 0 Å². The van der Waals surface area contributed by atoms with Gasteiger partial charge < -0.3 is 23.7 Å². The van der Waals surface area contributed by atoms with Gasteiger partial charge in [0.2, 0.25) is 0 Å². The van der Waals surface area contributed by atoms with Crippen LogP contribution in [0.15, 0.2) is 5.11 Å². The molecule has 134 valence electrons. The Bertz CT molecular complexity index is 353. The molecule has 0 rings (SSSR count). The molecule has 0 aliphatic rings. The predicted molar refractivity (Wildman–Crippen MR) is 83.1 cm³/mol. The maximum absolute atomic E-state index is 11.3. The number of ether oxygens (including phenoxy) is 5. The van der Waals surface area contributed by atoms with E-state index in [0.717, 1.165) is 0 Å². The Morgan fingerprint density at radius 2 is 1.39 bits per heavy atom. The number of hydrogen-bond donors (Lipinski definition) is 0. The molecule has 0 fully saturated rings. The van der Waals surface area contributed by atoms with E-state index < -0.39 is 5.60 Å². The fourth-order valence-electron chi connectivity index (χ4n) is 1.34. The second-order valence-corrected chi connectivity index (χ2v) is 5.43. The maximum atomic E-state index is 11.3. The van der Waals surface area contributed by atoms with E-state index in [4.69, 9.17) is 29.2 Å². The largest absolute Gasteiger partial charge is 0.458 e. The van der Waals surface area contributed by atoms with Crippen LogP contribution >= 0.6 is 0 Å². The zero-order chi connectivity index (χ0) is 17.4. The Morgan fingerprint density at radius 1 is 0.913 bits per heavy atom. The van der Waals surface area contributed by atoms with Crippen LogP contribution in [0.3, 0.4) is 0 Å². The summed E-state index contributed by atoms with van der Waals surface area (Å²) in [7, 11) is 0. The smallest absolute Gasteiger partial charge is 0.332 e. The van der Waals surface area contributed by atoms with E-state index in [-0.39, 0.29) is 12.6 Å². The third-order valence-corrected chi connectivity index (χ3v) is 2.15. The first kappa shape index (κ1) is 21.6. The van der Waals surface area contributed by atoms with E-state index >= 15 is 0 Å². The third-order valence-electron chi connectivity index (χ3n) is 2.15. The van der Waals surface area contributed by atoms with Gasteiger partial charge in [0.1, 0.15) is 12.2 Å². The molecule has 9 heteroatoms. The van der Waals surface area contributed by atoms with E-state index in [9.17, 15) is 4.79 Å². The minimum atomic E-state index is -0.499. The van der Waals surface area contributed by atoms with Crippen molar-refractivity contribution in [2.24, 2.45) is 5.11 Å². The van der Waals surface area contributed by atoms with Crippen molar-refractivity contribution in [1.82, 2.24) is 0 Å². The van der Waals surface area contributed by atoms with Crippen molar-refractivity contribution in [2.45, 2.75) is 26.4 Å². The second-order valence-electron chi connectivity index (χ2n) is 5.43. The molecule has 23 heavy (non-hydrogen) atoms. The molecule has 9 nitrogen and oxygen atoms in total. The van der Waals surface area contributed by atoms with Crippen LogP contribution < -0.4 is 0 Å². The van der Waals surface area contributed by atoms with Crippen LogP contribution in [-0.4, -0.2) is 71.0 Å². The van der Waals surface area contributed by atoms with Gasteiger partial charge in [-0.25, -0.2) is 4.79 Å². The summed E-state index contributed by atoms with van der Waals surface area (Å²) in [4.78, 5) is 13.9. The average molecular weight is 333 g/mol. The monoisotopic (exact) mass is 333 g/mol. The molecule has 0 spiro atoms. The summed E-state index contributed by atoms with van der Waals surface area (Å²) in [6.45, 7) is 8.54. The molecule has 0 aliphatic carbocycles. The number of hydrogen-bond acceptors (Lipinski definition) is 7. The fraction of sp³-hybridized carbons (Fsp3) is 0.929. The van der Waals surface area contributed by atoms with E-state index in [1.54, 1.807) is 20.8 Å². The van der Waals surface area contributed by atoms with E-state index in [0.29, 0.717) is 52.8 Å². The number of carbonyl (C=O) groups is 1. The van der Waals surface area contributed by atoms with E-state index in [2.05, 4.69) is 10.0 Å². The van der Waals surface area contributed by atoms with Crippen molar-refractivity contribution in [3.8, 4) is 0 Å². The number of esters is 1. The lowest BCUT2D eigenvalue weighted by molar-refractivity contribution is -0.160. The molecule has 0 aromatic carbocycles. The standard InChI is InChI=1S/C14H27N3O6/c1-14(2,3)23-13(18)12-22-11-10-21-9-8-20-7-6-19-5-4-16-17-15/h4-12H2,1-3H3. The molecule has 0 aromatic heterocycles. The highest BCUT2D eigenvalue weighted by Gasteiger charge is 2.15. The number of carbonyl (C=O) groups excluding carboxylic acids is 1. The quantitative estimate of drug-likeness (QED) is 0.157. The highest BCUT2D eigenvalue weighted by atomic mass is 16.6. The number of rotatable bonds is 14. The molecule has 0 N–H and O–H groups in total. The molecule has 0 saturated carbocycles. The Balaban J connectivity index is 3.19. The van der Waals surface area contributed by atoms with E-state index in [1.807, 2.05) is 0 Å². The SMILES string of the molecule is CC(C)(C)OC(=O)COCCOCCOCCOCCN=[N+]=[N-]. The van der Waals surface area contributed by atoms with Gasteiger partial charge in [-0.05, 0) is 26.3 Å². The van der Waals surface area contributed by atoms with Crippen LogP contribution in [0.25, 0.3) is 10.4 Å². The van der Waals surface area contributed by atoms with Gasteiger partial charge in [0.15, 0.2) is 0 Å². The maximum Gasteiger partial charge on any atom is 0.332 e. The first-order valence-corrected chi connectivity index (χ1v) is 7.49. The lowest BCUT2D eigenvalue weighted by Crippen LogP contribution is -2.27. The molecular formula is C14H27N3O6. The fourth-order valence-corrected chi connectivity index (χ4v) is 1.34. The van der Waals surface area contributed by atoms with Gasteiger partial charge in [0.25, 0.3) is 0 Å². The molecule has 0 saturated heterocycles. The lowest BCUT2D eigenvalue weighted by atomic mass is 10.2. The summed E-state index contributed by atoms with van der Waals surface area (Å²) in [5.41, 5.74) is 7.55.